The Balaban J connectivity index is 0.000000214. The van der Waals surface area contributed by atoms with Gasteiger partial charge in [0.1, 0.15) is 11.2 Å². The average Bonchev–Trinajstić information content (AvgIpc) is 0.792. The minimum absolute atomic E-state index is 0.0824. The summed E-state index contributed by atoms with van der Waals surface area (Å²) in [5.41, 5.74) is 49.0. The van der Waals surface area contributed by atoms with Crippen molar-refractivity contribution in [2.45, 2.75) is 310 Å². The van der Waals surface area contributed by atoms with E-state index in [9.17, 15) is 19.5 Å². The summed E-state index contributed by atoms with van der Waals surface area (Å²) in [5, 5.41) is 22.1. The number of rotatable bonds is 20. The molecule has 0 aromatic heterocycles. The molecule has 0 bridgehead atoms. The Morgan fingerprint density at radius 3 is 0.733 bits per heavy atom. The van der Waals surface area contributed by atoms with Gasteiger partial charge in [-0.3, -0.25) is 21.3 Å². The summed E-state index contributed by atoms with van der Waals surface area (Å²) in [4.78, 5) is 34.2. The predicted molar refractivity (Wildman–Crippen MR) is 658 cm³/mol. The average molecular weight is 2260 g/mol. The van der Waals surface area contributed by atoms with E-state index in [0.29, 0.717) is 65.6 Å². The predicted octanol–water partition coefficient (Wildman–Crippen LogP) is 40.8. The van der Waals surface area contributed by atoms with E-state index in [2.05, 4.69) is 521 Å². The number of nitrogens with two attached hydrogens (primary N) is 3. The van der Waals surface area contributed by atoms with Crippen molar-refractivity contribution in [3.63, 3.8) is 0 Å². The van der Waals surface area contributed by atoms with Crippen LogP contribution in [-0.4, -0.2) is 34.2 Å². The van der Waals surface area contributed by atoms with Crippen LogP contribution in [-0.2, 0) is 53.0 Å². The quantitative estimate of drug-likeness (QED) is 0.0251. The molecule has 788 valence electrons. The molecule has 0 spiro atoms. The third-order valence-corrected chi connectivity index (χ3v) is 28.0. The fraction of sp³-hybridized carbons (Fsp3) is 0.343. The molecule has 0 fully saturated rings. The molecular weight excluding hydrogens is 2090 g/mol. The number of ether oxygens (including phenoxy) is 2. The Bertz CT molecular complexity index is 6890. The number of carboxylic acids is 1. The van der Waals surface area contributed by atoms with Gasteiger partial charge in [0, 0.05) is 26.0 Å². The van der Waals surface area contributed by atoms with E-state index in [1.807, 2.05) is 20.8 Å². The van der Waals surface area contributed by atoms with Crippen LogP contribution in [0.4, 0.5) is 17.1 Å². The van der Waals surface area contributed by atoms with E-state index in [1.165, 1.54) is 175 Å². The fourth-order valence-electron chi connectivity index (χ4n) is 18.8. The summed E-state index contributed by atoms with van der Waals surface area (Å²) in [6.07, 6.45) is 0.398. The van der Waals surface area contributed by atoms with Crippen LogP contribution in [0.1, 0.15) is 362 Å². The van der Waals surface area contributed by atoms with Crippen LogP contribution in [0.5, 0.6) is 0 Å². The molecule has 9 nitrogen and oxygen atoms in total. The minimum atomic E-state index is -0.771. The number of aryl methyl sites for hydroxylation is 1. The molecule has 13 heteroatoms. The van der Waals surface area contributed by atoms with E-state index < -0.39 is 23.1 Å². The maximum absolute atomic E-state index is 12.7. The molecule has 16 aromatic rings. The SMILES string of the molecule is CC(C)c1cc(-c2ccc3ccccc3c2)cc(C(C)C)c1Br.CC(C)c1cc(-c2ccc3ccccc3c2)cc(C(C)C)c1CC(=O)O.CC(C)c1cc(-c2ccc3ccccc3c2)cc(C(C)C)c1CC(=O)OC(C)(C)C.CC(C)c1cc(-c2ccc3ccccc3c2)cc(C(C)C)c1N.CC(C)c1cc(Br)cc(C(C)C)c1N.CC(C)c1cccc(C(C)C)c1N.Cc1ccc2ccccc2c1.[CH2-]C(=O)OC(C)(C)C.[Zn+][Br]. The zero-order valence-corrected chi connectivity index (χ0v) is 103. The number of hydrogen-bond acceptors (Lipinski definition) is 8. The first kappa shape index (κ1) is 124. The molecule has 0 atom stereocenters. The molecule has 0 aliphatic heterocycles. The maximum atomic E-state index is 12.7. The first-order valence-corrected chi connectivity index (χ1v) is 61.9. The number of aliphatic carboxylic acids is 1. The topological polar surface area (TPSA) is 168 Å². The first-order valence-electron chi connectivity index (χ1n) is 53.3. The van der Waals surface area contributed by atoms with Gasteiger partial charge in [-0.15, -0.1) is 0 Å². The number of anilines is 3. The number of para-hydroxylation sites is 1. The van der Waals surface area contributed by atoms with Crippen molar-refractivity contribution in [2.24, 2.45) is 0 Å². The number of halogens is 3. The van der Waals surface area contributed by atoms with Crippen molar-refractivity contribution in [3.8, 4) is 44.5 Å². The van der Waals surface area contributed by atoms with Gasteiger partial charge in [-0.25, -0.2) is 0 Å². The number of fused-ring (bicyclic) bond motifs is 5. The van der Waals surface area contributed by atoms with Gasteiger partial charge in [-0.2, -0.15) is 0 Å². The van der Waals surface area contributed by atoms with E-state index in [0.717, 1.165) is 49.4 Å². The van der Waals surface area contributed by atoms with Crippen molar-refractivity contribution >= 4 is 134 Å². The number of carbonyl (C=O) groups excluding carboxylic acids is 2. The Morgan fingerprint density at radius 1 is 0.273 bits per heavy atom. The van der Waals surface area contributed by atoms with Crippen LogP contribution in [0.2, 0.25) is 0 Å². The second-order valence-electron chi connectivity index (χ2n) is 45.0. The molecule has 7 N–H and O–H groups in total. The molecule has 16 aromatic carbocycles. The summed E-state index contributed by atoms with van der Waals surface area (Å²) in [6.45, 7) is 68.9. The van der Waals surface area contributed by atoms with Crippen molar-refractivity contribution in [1.29, 1.82) is 0 Å². The molecule has 0 radical (unpaired) electrons. The summed E-state index contributed by atoms with van der Waals surface area (Å²) >= 11 is 11.6. The van der Waals surface area contributed by atoms with Gasteiger partial charge in [0.15, 0.2) is 5.97 Å². The number of benzene rings is 16. The summed E-state index contributed by atoms with van der Waals surface area (Å²) < 4.78 is 12.7. The Morgan fingerprint density at radius 2 is 0.493 bits per heavy atom. The molecular formula is C137H166Br3N3O6Zn. The van der Waals surface area contributed by atoms with Crippen LogP contribution in [0.3, 0.4) is 0 Å². The number of carboxylic acid groups (broad SMARTS) is 1. The van der Waals surface area contributed by atoms with Crippen molar-refractivity contribution < 1.29 is 45.3 Å². The molecule has 0 heterocycles. The zero-order valence-electron chi connectivity index (χ0n) is 95.3. The molecule has 0 aliphatic rings. The number of carbonyl (C=O) groups is 3. The first-order chi connectivity index (χ1) is 70.6. The molecule has 0 saturated heterocycles. The number of esters is 2. The fourth-order valence-corrected chi connectivity index (χ4v) is 20.4. The van der Waals surface area contributed by atoms with Crippen LogP contribution in [0, 0.1) is 13.8 Å². The zero-order chi connectivity index (χ0) is 111. The van der Waals surface area contributed by atoms with Crippen molar-refractivity contribution in [1.82, 2.24) is 0 Å². The Kier molecular flexibility index (Phi) is 47.3. The summed E-state index contributed by atoms with van der Waals surface area (Å²) in [5.74, 6) is 3.62. The van der Waals surface area contributed by atoms with Gasteiger partial charge < -0.3 is 31.8 Å². The van der Waals surface area contributed by atoms with Gasteiger partial charge in [0.25, 0.3) is 0 Å². The summed E-state index contributed by atoms with van der Waals surface area (Å²) in [6, 6.07) is 104. The van der Waals surface area contributed by atoms with Crippen LogP contribution in [0.25, 0.3) is 98.4 Å². The molecule has 0 saturated carbocycles. The molecule has 0 amide bonds. The Labute approximate surface area is 933 Å². The van der Waals surface area contributed by atoms with Crippen LogP contribution >= 0.6 is 45.5 Å². The molecule has 0 unspecified atom stereocenters. The third-order valence-electron chi connectivity index (χ3n) is 26.6. The number of hydrogen-bond donors (Lipinski definition) is 4. The van der Waals surface area contributed by atoms with E-state index in [1.54, 1.807) is 20.8 Å². The van der Waals surface area contributed by atoms with Gasteiger partial charge in [-0.05, 0) is 356 Å². The molecule has 16 rings (SSSR count). The third kappa shape index (κ3) is 35.9. The second kappa shape index (κ2) is 57.3. The van der Waals surface area contributed by atoms with E-state index in [-0.39, 0.29) is 24.2 Å². The van der Waals surface area contributed by atoms with E-state index in [4.69, 9.17) is 21.9 Å². The standard InChI is InChI=1S/C28H34O2.C24H26O2.C22H23Br.C22H25N.C12H18BrN.C12H19N.C11H10.C6H11O2.BrH.Zn/c1-18(2)24-15-23(22-13-12-20-10-8-9-11-21(20)14-22)16-25(19(3)4)26(24)17-27(29)30-28(5,6)7;1-15(2)21-12-20(13-22(16(3)4)23(21)14-24(25)26)19-10-9-17-7-5-6-8-18(17)11-19;2*1-14(2)20-12-19(13-21(15(3)4)22(20)23)18-10-9-16-7-5-6-8-17(16)11-18;1-7(2)10-5-9(13)6-11(8(3)4)12(10)14;1-8(2)10-6-5-7-11(9(3)4)12(10)13;1-9-6-7-10-4-2-3-5-11(10)8-9;1-5(7)8-6(2,3)4;;/h8-16,18-19H,17H2,1-7H3;5-13,15-16H,14H2,1-4H3,(H,25,26);5-15H,1-4H3;5-15H,23H2,1-4H3;5-8H,14H2,1-4H3;5-9H,13H2,1-4H3;2-8H,1H3;1H2,2-4H3;1H;/q;;;;;;;-1;;+2/p-1. The van der Waals surface area contributed by atoms with Crippen molar-refractivity contribution in [3.05, 3.63) is 391 Å². The second-order valence-corrected chi connectivity index (χ2v) is 46.7. The number of nitrogen functional groups attached to an aromatic ring is 3. The van der Waals surface area contributed by atoms with Crippen molar-refractivity contribution in [2.75, 3.05) is 17.2 Å². The van der Waals surface area contributed by atoms with E-state index >= 15 is 0 Å². The molecule has 150 heavy (non-hydrogen) atoms. The monoisotopic (exact) mass is 2250 g/mol. The van der Waals surface area contributed by atoms with Gasteiger partial charge in [0.2, 0.25) is 0 Å². The van der Waals surface area contributed by atoms with Gasteiger partial charge >= 0.3 is 41.9 Å². The Hall–Kier alpha value is -11.4. The normalized spacial score (nSPS) is 11.4. The van der Waals surface area contributed by atoms with Gasteiger partial charge in [-0.1, -0.05) is 434 Å². The summed E-state index contributed by atoms with van der Waals surface area (Å²) in [7, 11) is 0. The van der Waals surface area contributed by atoms with Gasteiger partial charge in [0.05, 0.1) is 12.8 Å². The molecule has 0 aliphatic carbocycles. The van der Waals surface area contributed by atoms with Crippen LogP contribution < -0.4 is 17.2 Å². The van der Waals surface area contributed by atoms with Crippen LogP contribution in [0.15, 0.2) is 300 Å².